The van der Waals surface area contributed by atoms with Crippen molar-refractivity contribution in [2.45, 2.75) is 32.7 Å². The quantitative estimate of drug-likeness (QED) is 0.674. The molecule has 104 valence electrons. The molecule has 0 bridgehead atoms. The standard InChI is InChI=1S/C12H23N3O3/c1-9(10(16)15-11(17)13-3)14-8-12(2)4-6-18-7-5-12/h9,14H,4-8H2,1-3H3,(H2,13,15,16,17). The minimum absolute atomic E-state index is 0.166. The number of amides is 3. The van der Waals surface area contributed by atoms with Gasteiger partial charge in [-0.1, -0.05) is 6.92 Å². The first-order valence-corrected chi connectivity index (χ1v) is 6.30. The number of rotatable bonds is 4. The van der Waals surface area contributed by atoms with Gasteiger partial charge in [-0.05, 0) is 25.2 Å². The van der Waals surface area contributed by atoms with E-state index >= 15 is 0 Å². The first-order chi connectivity index (χ1) is 8.47. The van der Waals surface area contributed by atoms with Gasteiger partial charge in [-0.15, -0.1) is 0 Å². The Kier molecular flexibility index (Phi) is 5.55. The van der Waals surface area contributed by atoms with Gasteiger partial charge in [0.05, 0.1) is 6.04 Å². The molecule has 3 N–H and O–H groups in total. The highest BCUT2D eigenvalue weighted by Crippen LogP contribution is 2.28. The number of imide groups is 1. The normalized spacial score (nSPS) is 19.9. The van der Waals surface area contributed by atoms with Crippen LogP contribution in [0.4, 0.5) is 4.79 Å². The van der Waals surface area contributed by atoms with Crippen LogP contribution in [0.2, 0.25) is 0 Å². The maximum Gasteiger partial charge on any atom is 0.321 e. The van der Waals surface area contributed by atoms with Gasteiger partial charge in [0.2, 0.25) is 5.91 Å². The number of nitrogens with one attached hydrogen (secondary N) is 3. The fourth-order valence-electron chi connectivity index (χ4n) is 1.82. The van der Waals surface area contributed by atoms with E-state index in [1.165, 1.54) is 7.05 Å². The molecule has 1 aliphatic rings. The molecule has 1 rings (SSSR count). The van der Waals surface area contributed by atoms with E-state index in [1.807, 2.05) is 0 Å². The van der Waals surface area contributed by atoms with Crippen LogP contribution in [0.3, 0.4) is 0 Å². The molecule has 0 spiro atoms. The van der Waals surface area contributed by atoms with Crippen molar-refractivity contribution in [3.05, 3.63) is 0 Å². The molecule has 1 fully saturated rings. The number of urea groups is 1. The second-order valence-electron chi connectivity index (χ2n) is 5.09. The highest BCUT2D eigenvalue weighted by Gasteiger charge is 2.28. The van der Waals surface area contributed by atoms with Crippen molar-refractivity contribution < 1.29 is 14.3 Å². The average molecular weight is 257 g/mol. The molecule has 1 heterocycles. The van der Waals surface area contributed by atoms with Crippen LogP contribution in [0, 0.1) is 5.41 Å². The van der Waals surface area contributed by atoms with Crippen LogP contribution in [-0.2, 0) is 9.53 Å². The van der Waals surface area contributed by atoms with Gasteiger partial charge in [0.25, 0.3) is 0 Å². The van der Waals surface area contributed by atoms with E-state index in [9.17, 15) is 9.59 Å². The topological polar surface area (TPSA) is 79.5 Å². The van der Waals surface area contributed by atoms with Crippen molar-refractivity contribution >= 4 is 11.9 Å². The summed E-state index contributed by atoms with van der Waals surface area (Å²) in [5.41, 5.74) is 0.166. The zero-order valence-electron chi connectivity index (χ0n) is 11.3. The molecular formula is C12H23N3O3. The molecule has 18 heavy (non-hydrogen) atoms. The minimum Gasteiger partial charge on any atom is -0.381 e. The molecule has 0 radical (unpaired) electrons. The smallest absolute Gasteiger partial charge is 0.321 e. The van der Waals surface area contributed by atoms with Crippen molar-refractivity contribution in [2.75, 3.05) is 26.8 Å². The average Bonchev–Trinajstić information content (AvgIpc) is 2.36. The lowest BCUT2D eigenvalue weighted by Gasteiger charge is -2.34. The van der Waals surface area contributed by atoms with Crippen molar-refractivity contribution in [1.29, 1.82) is 0 Å². The maximum absolute atomic E-state index is 11.6. The van der Waals surface area contributed by atoms with Crippen molar-refractivity contribution in [3.63, 3.8) is 0 Å². The summed E-state index contributed by atoms with van der Waals surface area (Å²) in [7, 11) is 1.48. The number of hydrogen-bond acceptors (Lipinski definition) is 4. The van der Waals surface area contributed by atoms with Crippen LogP contribution in [0.25, 0.3) is 0 Å². The van der Waals surface area contributed by atoms with Crippen molar-refractivity contribution in [3.8, 4) is 0 Å². The van der Waals surface area contributed by atoms with E-state index in [0.717, 1.165) is 32.6 Å². The van der Waals surface area contributed by atoms with Crippen LogP contribution in [-0.4, -0.2) is 44.8 Å². The van der Waals surface area contributed by atoms with E-state index in [4.69, 9.17) is 4.74 Å². The van der Waals surface area contributed by atoms with Crippen LogP contribution in [0.1, 0.15) is 26.7 Å². The van der Waals surface area contributed by atoms with Gasteiger partial charge in [-0.2, -0.15) is 0 Å². The van der Waals surface area contributed by atoms with E-state index in [0.29, 0.717) is 0 Å². The third-order valence-electron chi connectivity index (χ3n) is 3.39. The van der Waals surface area contributed by atoms with E-state index in [2.05, 4.69) is 22.9 Å². The summed E-state index contributed by atoms with van der Waals surface area (Å²) in [6.07, 6.45) is 1.98. The molecule has 0 aromatic heterocycles. The second-order valence-corrected chi connectivity index (χ2v) is 5.09. The number of carbonyl (C=O) groups excluding carboxylic acids is 2. The molecule has 0 aliphatic carbocycles. The summed E-state index contributed by atoms with van der Waals surface area (Å²) in [5, 5.41) is 7.78. The lowest BCUT2D eigenvalue weighted by Crippen LogP contribution is -2.50. The molecule has 1 atom stereocenters. The number of hydrogen-bond donors (Lipinski definition) is 3. The van der Waals surface area contributed by atoms with Crippen LogP contribution in [0.5, 0.6) is 0 Å². The second kappa shape index (κ2) is 6.70. The van der Waals surface area contributed by atoms with Crippen LogP contribution in [0.15, 0.2) is 0 Å². The summed E-state index contributed by atoms with van der Waals surface area (Å²) in [6.45, 7) is 6.24. The van der Waals surface area contributed by atoms with Gasteiger partial charge in [0.1, 0.15) is 0 Å². The van der Waals surface area contributed by atoms with Gasteiger partial charge < -0.3 is 15.4 Å². The highest BCUT2D eigenvalue weighted by atomic mass is 16.5. The summed E-state index contributed by atoms with van der Waals surface area (Å²) in [6, 6.07) is -0.868. The Labute approximate surface area is 108 Å². The Hall–Kier alpha value is -1.14. The lowest BCUT2D eigenvalue weighted by atomic mass is 9.82. The summed E-state index contributed by atoms with van der Waals surface area (Å²) in [4.78, 5) is 22.6. The summed E-state index contributed by atoms with van der Waals surface area (Å²) in [5.74, 6) is -0.315. The van der Waals surface area contributed by atoms with Gasteiger partial charge in [0, 0.05) is 26.8 Å². The monoisotopic (exact) mass is 257 g/mol. The lowest BCUT2D eigenvalue weighted by molar-refractivity contribution is -0.121. The van der Waals surface area contributed by atoms with Gasteiger partial charge >= 0.3 is 6.03 Å². The molecule has 6 nitrogen and oxygen atoms in total. The van der Waals surface area contributed by atoms with Crippen molar-refractivity contribution in [2.24, 2.45) is 5.41 Å². The van der Waals surface area contributed by atoms with Gasteiger partial charge in [-0.3, -0.25) is 10.1 Å². The first-order valence-electron chi connectivity index (χ1n) is 6.30. The predicted octanol–water partition coefficient (Wildman–Crippen LogP) is 0.237. The van der Waals surface area contributed by atoms with Crippen LogP contribution < -0.4 is 16.0 Å². The number of carbonyl (C=O) groups is 2. The van der Waals surface area contributed by atoms with E-state index in [-0.39, 0.29) is 17.4 Å². The van der Waals surface area contributed by atoms with Gasteiger partial charge in [-0.25, -0.2) is 4.79 Å². The number of ether oxygens (including phenoxy) is 1. The maximum atomic E-state index is 11.6. The zero-order valence-corrected chi connectivity index (χ0v) is 11.3. The third-order valence-corrected chi connectivity index (χ3v) is 3.39. The Morgan fingerprint density at radius 2 is 1.94 bits per heavy atom. The zero-order chi connectivity index (χ0) is 13.6. The largest absolute Gasteiger partial charge is 0.381 e. The van der Waals surface area contributed by atoms with E-state index in [1.54, 1.807) is 6.92 Å². The summed E-state index contributed by atoms with van der Waals surface area (Å²) >= 11 is 0. The van der Waals surface area contributed by atoms with Crippen molar-refractivity contribution in [1.82, 2.24) is 16.0 Å². The molecule has 1 unspecified atom stereocenters. The first kappa shape index (κ1) is 14.9. The highest BCUT2D eigenvalue weighted by molar-refractivity contribution is 5.96. The van der Waals surface area contributed by atoms with Gasteiger partial charge in [0.15, 0.2) is 0 Å². The SMILES string of the molecule is CNC(=O)NC(=O)C(C)NCC1(C)CCOCC1. The molecule has 1 saturated heterocycles. The molecule has 0 aromatic carbocycles. The van der Waals surface area contributed by atoms with Crippen LogP contribution >= 0.6 is 0 Å². The molecule has 6 heteroatoms. The molecular weight excluding hydrogens is 234 g/mol. The Morgan fingerprint density at radius 1 is 1.33 bits per heavy atom. The Balaban J connectivity index is 2.33. The fourth-order valence-corrected chi connectivity index (χ4v) is 1.82. The molecule has 1 aliphatic heterocycles. The van der Waals surface area contributed by atoms with E-state index < -0.39 is 6.03 Å². The Bertz CT molecular complexity index is 301. The molecule has 3 amide bonds. The fraction of sp³-hybridized carbons (Fsp3) is 0.833. The Morgan fingerprint density at radius 3 is 2.50 bits per heavy atom. The molecule has 0 saturated carbocycles. The minimum atomic E-state index is -0.481. The third kappa shape index (κ3) is 4.62. The molecule has 0 aromatic rings. The summed E-state index contributed by atoms with van der Waals surface area (Å²) < 4.78 is 5.33. The predicted molar refractivity (Wildman–Crippen MR) is 68.2 cm³/mol.